The molecule has 1 aliphatic heterocycles. The van der Waals surface area contributed by atoms with Crippen LogP contribution in [0.3, 0.4) is 0 Å². The molecule has 6 atom stereocenters. The lowest BCUT2D eigenvalue weighted by atomic mass is 9.99. The van der Waals surface area contributed by atoms with Gasteiger partial charge in [-0.15, -0.1) is 0 Å². The SMILES string of the molecule is CCCCCC/C=C\C/C=C\CCCCCCCCCCOCC(COC1OC(CO)C(O)C(OS(=O)(=O)O)C1O)OC(=O)CCCCCCCCCCCC/C=C\C/C=C\C/C=C\CCCCCCC. The zero-order chi connectivity index (χ0) is 51.7. The second kappa shape index (κ2) is 48.7. The van der Waals surface area contributed by atoms with Crippen molar-refractivity contribution in [1.82, 2.24) is 0 Å². The Hall–Kier alpha value is -2.20. The summed E-state index contributed by atoms with van der Waals surface area (Å²) in [7, 11) is -5.07. The van der Waals surface area contributed by atoms with Gasteiger partial charge in [-0.25, -0.2) is 4.18 Å². The van der Waals surface area contributed by atoms with Gasteiger partial charge in [0.2, 0.25) is 0 Å². The van der Waals surface area contributed by atoms with Crippen LogP contribution in [0.5, 0.6) is 0 Å². The van der Waals surface area contributed by atoms with E-state index in [9.17, 15) is 33.1 Å². The number of hydrogen-bond acceptors (Lipinski definition) is 11. The molecule has 0 radical (unpaired) electrons. The van der Waals surface area contributed by atoms with E-state index in [0.717, 1.165) is 70.6 Å². The van der Waals surface area contributed by atoms with E-state index in [-0.39, 0.29) is 19.6 Å². The summed E-state index contributed by atoms with van der Waals surface area (Å²) >= 11 is 0. The van der Waals surface area contributed by atoms with Gasteiger partial charge in [0.25, 0.3) is 0 Å². The minimum absolute atomic E-state index is 0.0291. The van der Waals surface area contributed by atoms with Gasteiger partial charge in [0.15, 0.2) is 6.29 Å². The van der Waals surface area contributed by atoms with Gasteiger partial charge in [0.1, 0.15) is 30.5 Å². The van der Waals surface area contributed by atoms with Crippen molar-refractivity contribution in [3.05, 3.63) is 60.8 Å². The number of carbonyl (C=O) groups excluding carboxylic acids is 1. The van der Waals surface area contributed by atoms with Crippen molar-refractivity contribution in [2.24, 2.45) is 0 Å². The molecule has 0 saturated carbocycles. The van der Waals surface area contributed by atoms with E-state index in [1.807, 2.05) is 0 Å². The van der Waals surface area contributed by atoms with Crippen LogP contribution in [0, 0.1) is 0 Å². The topological polar surface area (TPSA) is 178 Å². The van der Waals surface area contributed by atoms with Gasteiger partial charge in [-0.2, -0.15) is 8.42 Å². The van der Waals surface area contributed by atoms with Gasteiger partial charge in [-0.05, 0) is 83.5 Å². The molecule has 13 heteroatoms. The Morgan fingerprint density at radius 1 is 0.535 bits per heavy atom. The Kier molecular flexibility index (Phi) is 45.9. The van der Waals surface area contributed by atoms with E-state index in [2.05, 4.69) is 78.8 Å². The molecular weight excluding hydrogens is 921 g/mol. The van der Waals surface area contributed by atoms with E-state index < -0.39 is 59.8 Å². The second-order valence-electron chi connectivity index (χ2n) is 19.5. The monoisotopic (exact) mass is 1020 g/mol. The van der Waals surface area contributed by atoms with Crippen LogP contribution in [-0.4, -0.2) is 97.5 Å². The number of esters is 1. The first-order valence-electron chi connectivity index (χ1n) is 28.5. The lowest BCUT2D eigenvalue weighted by Crippen LogP contribution is -2.60. The number of carbonyl (C=O) groups is 1. The lowest BCUT2D eigenvalue weighted by Gasteiger charge is -2.41. The minimum atomic E-state index is -5.07. The molecule has 0 aromatic rings. The van der Waals surface area contributed by atoms with Crippen molar-refractivity contribution in [3.63, 3.8) is 0 Å². The van der Waals surface area contributed by atoms with E-state index in [1.165, 1.54) is 141 Å². The molecule has 1 fully saturated rings. The molecule has 0 amide bonds. The number of rotatable bonds is 50. The summed E-state index contributed by atoms with van der Waals surface area (Å²) < 4.78 is 59.4. The number of hydrogen-bond donors (Lipinski definition) is 4. The lowest BCUT2D eigenvalue weighted by molar-refractivity contribution is -0.301. The highest BCUT2D eigenvalue weighted by Crippen LogP contribution is 2.26. The summed E-state index contributed by atoms with van der Waals surface area (Å²) in [6.45, 7) is 3.97. The molecule has 0 spiro atoms. The molecule has 12 nitrogen and oxygen atoms in total. The van der Waals surface area contributed by atoms with Gasteiger partial charge in [-0.3, -0.25) is 9.35 Å². The largest absolute Gasteiger partial charge is 0.457 e. The van der Waals surface area contributed by atoms with Crippen LogP contribution in [0.4, 0.5) is 0 Å². The molecule has 0 aromatic carbocycles. The maximum Gasteiger partial charge on any atom is 0.397 e. The molecule has 4 N–H and O–H groups in total. The molecule has 1 heterocycles. The molecule has 0 bridgehead atoms. The molecule has 6 unspecified atom stereocenters. The maximum absolute atomic E-state index is 13.0. The van der Waals surface area contributed by atoms with Crippen LogP contribution in [0.15, 0.2) is 60.8 Å². The third kappa shape index (κ3) is 41.8. The highest BCUT2D eigenvalue weighted by atomic mass is 32.3. The first kappa shape index (κ1) is 66.8. The van der Waals surface area contributed by atoms with E-state index >= 15 is 0 Å². The third-order valence-corrected chi connectivity index (χ3v) is 13.3. The fourth-order valence-corrected chi connectivity index (χ4v) is 9.04. The van der Waals surface area contributed by atoms with Gasteiger partial charge in [-0.1, -0.05) is 209 Å². The Balaban J connectivity index is 2.31. The Morgan fingerprint density at radius 3 is 1.37 bits per heavy atom. The maximum atomic E-state index is 13.0. The number of allylic oxidation sites excluding steroid dienone is 10. The standard InChI is InChI=1S/C58H104O12S/c1-3-5-7-9-11-13-15-17-19-21-23-24-25-26-27-28-29-31-33-35-37-39-41-43-45-47-54(60)68-52(51-67-58-56(62)57(70-71(63,64)65)55(61)53(49-59)69-58)50-66-48-46-44-42-40-38-36-34-32-30-22-20-18-16-14-12-10-8-6-4-2/h14-17,20-23,25-26,52-53,55-59,61-62H,3-13,18-19,24,27-51H2,1-2H3,(H,63,64,65)/b16-14-,17-15-,22-20-,23-21-,26-25-. The highest BCUT2D eigenvalue weighted by Gasteiger charge is 2.48. The smallest absolute Gasteiger partial charge is 0.397 e. The van der Waals surface area contributed by atoms with Gasteiger partial charge < -0.3 is 34.3 Å². The summed E-state index contributed by atoms with van der Waals surface area (Å²) in [5.41, 5.74) is 0. The van der Waals surface area contributed by atoms with Gasteiger partial charge in [0.05, 0.1) is 19.8 Å². The van der Waals surface area contributed by atoms with Crippen LogP contribution in [0.2, 0.25) is 0 Å². The molecule has 414 valence electrons. The Labute approximate surface area is 433 Å². The van der Waals surface area contributed by atoms with Crippen molar-refractivity contribution in [2.45, 2.75) is 275 Å². The van der Waals surface area contributed by atoms with Crippen LogP contribution < -0.4 is 0 Å². The molecular formula is C58H104O12S. The number of aliphatic hydroxyl groups is 3. The summed E-state index contributed by atoms with van der Waals surface area (Å²) in [4.78, 5) is 13.0. The first-order chi connectivity index (χ1) is 34.6. The molecule has 0 aliphatic carbocycles. The van der Waals surface area contributed by atoms with Crippen LogP contribution >= 0.6 is 0 Å². The molecule has 71 heavy (non-hydrogen) atoms. The average Bonchev–Trinajstić information content (AvgIpc) is 3.35. The van der Waals surface area contributed by atoms with E-state index in [1.54, 1.807) is 0 Å². The number of aliphatic hydroxyl groups excluding tert-OH is 3. The van der Waals surface area contributed by atoms with Crippen molar-refractivity contribution in [1.29, 1.82) is 0 Å². The van der Waals surface area contributed by atoms with Crippen LogP contribution in [0.25, 0.3) is 0 Å². The zero-order valence-corrected chi connectivity index (χ0v) is 45.6. The molecule has 1 aliphatic rings. The van der Waals surface area contributed by atoms with Gasteiger partial charge in [0, 0.05) is 13.0 Å². The Bertz CT molecular complexity index is 1460. The summed E-state index contributed by atoms with van der Waals surface area (Å²) in [5.74, 6) is -0.405. The van der Waals surface area contributed by atoms with E-state index in [4.69, 9.17) is 18.9 Å². The quantitative estimate of drug-likeness (QED) is 0.0196. The molecule has 1 saturated heterocycles. The molecule has 0 aromatic heterocycles. The first-order valence-corrected chi connectivity index (χ1v) is 29.9. The van der Waals surface area contributed by atoms with Crippen LogP contribution in [-0.2, 0) is 38.3 Å². The summed E-state index contributed by atoms with van der Waals surface area (Å²) in [6.07, 6.45) is 53.9. The van der Waals surface area contributed by atoms with Crippen molar-refractivity contribution in [2.75, 3.05) is 26.4 Å². The number of unbranched alkanes of at least 4 members (excludes halogenated alkanes) is 27. The summed E-state index contributed by atoms with van der Waals surface area (Å²) in [6, 6.07) is 0. The van der Waals surface area contributed by atoms with Crippen molar-refractivity contribution >= 4 is 16.4 Å². The Morgan fingerprint density at radius 2 is 0.930 bits per heavy atom. The molecule has 1 rings (SSSR count). The van der Waals surface area contributed by atoms with Gasteiger partial charge >= 0.3 is 16.4 Å². The highest BCUT2D eigenvalue weighted by molar-refractivity contribution is 7.80. The predicted molar refractivity (Wildman–Crippen MR) is 289 cm³/mol. The predicted octanol–water partition coefficient (Wildman–Crippen LogP) is 14.0. The normalized spacial score (nSPS) is 19.4. The number of ether oxygens (including phenoxy) is 4. The van der Waals surface area contributed by atoms with E-state index in [0.29, 0.717) is 13.0 Å². The second-order valence-corrected chi connectivity index (χ2v) is 20.6. The average molecular weight is 1030 g/mol. The van der Waals surface area contributed by atoms with Crippen LogP contribution in [0.1, 0.15) is 239 Å². The van der Waals surface area contributed by atoms with Crippen molar-refractivity contribution in [3.8, 4) is 0 Å². The third-order valence-electron chi connectivity index (χ3n) is 12.9. The summed E-state index contributed by atoms with van der Waals surface area (Å²) in [5, 5.41) is 30.8. The zero-order valence-electron chi connectivity index (χ0n) is 44.8. The minimum Gasteiger partial charge on any atom is -0.457 e. The fourth-order valence-electron chi connectivity index (χ4n) is 8.53. The van der Waals surface area contributed by atoms with Crippen molar-refractivity contribution < 1.29 is 56.2 Å². The fraction of sp³-hybridized carbons (Fsp3) is 0.810.